The largest absolute Gasteiger partial charge is 0.459 e. The second-order valence-corrected chi connectivity index (χ2v) is 3.91. The van der Waals surface area contributed by atoms with E-state index in [1.807, 2.05) is 20.8 Å². The molecule has 3 N–H and O–H groups in total. The van der Waals surface area contributed by atoms with Crippen molar-refractivity contribution in [2.75, 3.05) is 19.6 Å². The third-order valence-electron chi connectivity index (χ3n) is 1.25. The van der Waals surface area contributed by atoms with Crippen LogP contribution in [0.3, 0.4) is 0 Å². The van der Waals surface area contributed by atoms with Gasteiger partial charge in [0, 0.05) is 0 Å². The molecule has 0 saturated heterocycles. The second-order valence-electron chi connectivity index (χ2n) is 3.91. The molecule has 0 atom stereocenters. The van der Waals surface area contributed by atoms with Crippen LogP contribution in [-0.4, -0.2) is 31.2 Å². The van der Waals surface area contributed by atoms with Gasteiger partial charge >= 0.3 is 5.97 Å². The predicted octanol–water partition coefficient (Wildman–Crippen LogP) is 0.267. The smallest absolute Gasteiger partial charge is 0.320 e. The van der Waals surface area contributed by atoms with Gasteiger partial charge in [0.25, 0.3) is 0 Å². The molecule has 0 aromatic carbocycles. The van der Waals surface area contributed by atoms with Crippen molar-refractivity contribution >= 4 is 5.97 Å². The molecule has 0 unspecified atom stereocenters. The maximum absolute atomic E-state index is 11.1. The molecule has 4 heteroatoms. The van der Waals surface area contributed by atoms with Gasteiger partial charge in [0.05, 0.1) is 6.54 Å². The lowest BCUT2D eigenvalue weighted by Gasteiger charge is -2.19. The topological polar surface area (TPSA) is 64.3 Å². The summed E-state index contributed by atoms with van der Waals surface area (Å²) in [5, 5.41) is 2.95. The SMILES string of the molecule is CC(C)(C)OC(=O)CNCCCN. The summed E-state index contributed by atoms with van der Waals surface area (Å²) in [6.07, 6.45) is 0.878. The highest BCUT2D eigenvalue weighted by Gasteiger charge is 2.15. The van der Waals surface area contributed by atoms with Crippen molar-refractivity contribution in [3.8, 4) is 0 Å². The normalized spacial score (nSPS) is 11.4. The van der Waals surface area contributed by atoms with E-state index in [0.717, 1.165) is 13.0 Å². The molecule has 0 aliphatic heterocycles. The summed E-state index contributed by atoms with van der Waals surface area (Å²) >= 11 is 0. The second kappa shape index (κ2) is 5.94. The van der Waals surface area contributed by atoms with Crippen LogP contribution in [0.4, 0.5) is 0 Å². The molecule has 13 heavy (non-hydrogen) atoms. The Morgan fingerprint density at radius 1 is 1.46 bits per heavy atom. The molecule has 0 rings (SSSR count). The lowest BCUT2D eigenvalue weighted by Crippen LogP contribution is -2.32. The Bertz CT molecular complexity index is 152. The predicted molar refractivity (Wildman–Crippen MR) is 52.4 cm³/mol. The first-order valence-corrected chi connectivity index (χ1v) is 4.58. The summed E-state index contributed by atoms with van der Waals surface area (Å²) in [6.45, 7) is 7.22. The highest BCUT2D eigenvalue weighted by atomic mass is 16.6. The number of rotatable bonds is 5. The third-order valence-corrected chi connectivity index (χ3v) is 1.25. The molecule has 0 aliphatic rings. The minimum atomic E-state index is -0.396. The minimum Gasteiger partial charge on any atom is -0.459 e. The molecule has 0 saturated carbocycles. The van der Waals surface area contributed by atoms with Gasteiger partial charge in [-0.15, -0.1) is 0 Å². The average Bonchev–Trinajstić information content (AvgIpc) is 1.94. The Labute approximate surface area is 79.8 Å². The van der Waals surface area contributed by atoms with E-state index in [4.69, 9.17) is 10.5 Å². The molecule has 0 spiro atoms. The van der Waals surface area contributed by atoms with Crippen molar-refractivity contribution in [2.45, 2.75) is 32.8 Å². The number of esters is 1. The van der Waals surface area contributed by atoms with E-state index in [0.29, 0.717) is 6.54 Å². The van der Waals surface area contributed by atoms with Crippen molar-refractivity contribution in [3.63, 3.8) is 0 Å². The van der Waals surface area contributed by atoms with Crippen LogP contribution in [0.5, 0.6) is 0 Å². The monoisotopic (exact) mass is 188 g/mol. The van der Waals surface area contributed by atoms with Crippen LogP contribution in [0.25, 0.3) is 0 Å². The first kappa shape index (κ1) is 12.4. The van der Waals surface area contributed by atoms with Gasteiger partial charge in [-0.3, -0.25) is 4.79 Å². The summed E-state index contributed by atoms with van der Waals surface area (Å²) in [6, 6.07) is 0. The molecular weight excluding hydrogens is 168 g/mol. The molecule has 4 nitrogen and oxygen atoms in total. The number of nitrogens with two attached hydrogens (primary N) is 1. The molecule has 0 heterocycles. The first-order valence-electron chi connectivity index (χ1n) is 4.58. The van der Waals surface area contributed by atoms with Crippen molar-refractivity contribution < 1.29 is 9.53 Å². The molecule has 0 aliphatic carbocycles. The van der Waals surface area contributed by atoms with Crippen LogP contribution >= 0.6 is 0 Å². The molecule has 0 fully saturated rings. The lowest BCUT2D eigenvalue weighted by molar-refractivity contribution is -0.153. The Morgan fingerprint density at radius 3 is 2.54 bits per heavy atom. The summed E-state index contributed by atoms with van der Waals surface area (Å²) in [5.74, 6) is -0.218. The van der Waals surface area contributed by atoms with Crippen molar-refractivity contribution in [3.05, 3.63) is 0 Å². The maximum Gasteiger partial charge on any atom is 0.320 e. The fourth-order valence-electron chi connectivity index (χ4n) is 0.795. The van der Waals surface area contributed by atoms with Gasteiger partial charge in [-0.05, 0) is 40.3 Å². The zero-order valence-corrected chi connectivity index (χ0v) is 8.72. The van der Waals surface area contributed by atoms with Crippen molar-refractivity contribution in [2.24, 2.45) is 5.73 Å². The summed E-state index contributed by atoms with van der Waals surface area (Å²) in [4.78, 5) is 11.1. The Kier molecular flexibility index (Phi) is 5.66. The Balaban J connectivity index is 3.41. The van der Waals surface area contributed by atoms with E-state index in [1.54, 1.807) is 0 Å². The van der Waals surface area contributed by atoms with Gasteiger partial charge in [-0.2, -0.15) is 0 Å². The number of ether oxygens (including phenoxy) is 1. The fraction of sp³-hybridized carbons (Fsp3) is 0.889. The van der Waals surface area contributed by atoms with Crippen molar-refractivity contribution in [1.82, 2.24) is 5.32 Å². The summed E-state index contributed by atoms with van der Waals surface area (Å²) in [7, 11) is 0. The van der Waals surface area contributed by atoms with E-state index < -0.39 is 5.60 Å². The van der Waals surface area contributed by atoms with Gasteiger partial charge in [0.15, 0.2) is 0 Å². The number of nitrogens with one attached hydrogen (secondary N) is 1. The van der Waals surface area contributed by atoms with Crippen LogP contribution in [0.15, 0.2) is 0 Å². The van der Waals surface area contributed by atoms with E-state index in [2.05, 4.69) is 5.32 Å². The molecule has 0 aromatic rings. The Hall–Kier alpha value is -0.610. The third kappa shape index (κ3) is 9.30. The molecule has 0 radical (unpaired) electrons. The molecule has 78 valence electrons. The first-order chi connectivity index (χ1) is 5.95. The summed E-state index contributed by atoms with van der Waals surface area (Å²) < 4.78 is 5.09. The van der Waals surface area contributed by atoms with Crippen LogP contribution < -0.4 is 11.1 Å². The molecular formula is C9H20N2O2. The van der Waals surface area contributed by atoms with Gasteiger partial charge in [-0.1, -0.05) is 0 Å². The number of hydrogen-bond acceptors (Lipinski definition) is 4. The zero-order valence-electron chi connectivity index (χ0n) is 8.72. The van der Waals surface area contributed by atoms with E-state index in [9.17, 15) is 4.79 Å². The average molecular weight is 188 g/mol. The molecule has 0 aromatic heterocycles. The van der Waals surface area contributed by atoms with Gasteiger partial charge in [-0.25, -0.2) is 0 Å². The van der Waals surface area contributed by atoms with Crippen LogP contribution in [0.1, 0.15) is 27.2 Å². The quantitative estimate of drug-likeness (QED) is 0.480. The molecule has 0 bridgehead atoms. The van der Waals surface area contributed by atoms with Gasteiger partial charge in [0.2, 0.25) is 0 Å². The number of carbonyl (C=O) groups is 1. The van der Waals surface area contributed by atoms with Gasteiger partial charge in [0.1, 0.15) is 5.60 Å². The fourth-order valence-corrected chi connectivity index (χ4v) is 0.795. The van der Waals surface area contributed by atoms with E-state index >= 15 is 0 Å². The van der Waals surface area contributed by atoms with Gasteiger partial charge < -0.3 is 15.8 Å². The van der Waals surface area contributed by atoms with Crippen LogP contribution in [0.2, 0.25) is 0 Å². The lowest BCUT2D eigenvalue weighted by atomic mass is 10.2. The number of hydrogen-bond donors (Lipinski definition) is 2. The van der Waals surface area contributed by atoms with Crippen LogP contribution in [0, 0.1) is 0 Å². The standard InChI is InChI=1S/C9H20N2O2/c1-9(2,3)13-8(12)7-11-6-4-5-10/h11H,4-7,10H2,1-3H3. The Morgan fingerprint density at radius 2 is 2.08 bits per heavy atom. The maximum atomic E-state index is 11.1. The minimum absolute atomic E-state index is 0.218. The summed E-state index contributed by atoms with van der Waals surface area (Å²) in [5.41, 5.74) is 4.89. The van der Waals surface area contributed by atoms with E-state index in [-0.39, 0.29) is 12.5 Å². The van der Waals surface area contributed by atoms with E-state index in [1.165, 1.54) is 0 Å². The van der Waals surface area contributed by atoms with Crippen molar-refractivity contribution in [1.29, 1.82) is 0 Å². The highest BCUT2D eigenvalue weighted by molar-refractivity contribution is 5.72. The van der Waals surface area contributed by atoms with Crippen LogP contribution in [-0.2, 0) is 9.53 Å². The molecule has 0 amide bonds. The highest BCUT2D eigenvalue weighted by Crippen LogP contribution is 2.05. The zero-order chi connectivity index (χ0) is 10.3. The number of carbonyl (C=O) groups excluding carboxylic acids is 1.